The van der Waals surface area contributed by atoms with Crippen molar-refractivity contribution in [3.05, 3.63) is 70.8 Å². The predicted octanol–water partition coefficient (Wildman–Crippen LogP) is 2.42. The lowest BCUT2D eigenvalue weighted by Gasteiger charge is -2.24. The summed E-state index contributed by atoms with van der Waals surface area (Å²) in [6.07, 6.45) is 5.98. The number of rotatable bonds is 3. The number of amides is 1. The molecule has 0 saturated carbocycles. The molecule has 0 aromatic heterocycles. The Bertz CT molecular complexity index is 738. The second-order valence-corrected chi connectivity index (χ2v) is 4.80. The van der Waals surface area contributed by atoms with Gasteiger partial charge in [0.1, 0.15) is 11.5 Å². The number of aliphatic hydroxyl groups excluding tert-OH is 1. The van der Waals surface area contributed by atoms with Crippen LogP contribution in [0, 0.1) is 6.92 Å². The van der Waals surface area contributed by atoms with Gasteiger partial charge in [0.25, 0.3) is 5.91 Å². The highest BCUT2D eigenvalue weighted by Crippen LogP contribution is 2.19. The number of aryl methyl sites for hydroxylation is 1. The van der Waals surface area contributed by atoms with Crippen LogP contribution in [0.5, 0.6) is 0 Å². The molecule has 1 aliphatic heterocycles. The number of hydrazine groups is 1. The monoisotopic (exact) mass is 296 g/mol. The van der Waals surface area contributed by atoms with Crippen molar-refractivity contribution in [2.75, 3.05) is 0 Å². The number of benzene rings is 1. The molecule has 1 heterocycles. The first-order chi connectivity index (χ1) is 10.5. The molecule has 0 saturated heterocycles. The Labute approximate surface area is 128 Å². The average Bonchev–Trinajstić information content (AvgIpc) is 2.51. The Balaban J connectivity index is 2.08. The van der Waals surface area contributed by atoms with Crippen LogP contribution < -0.4 is 5.43 Å². The summed E-state index contributed by atoms with van der Waals surface area (Å²) in [5, 5.41) is 11.1. The van der Waals surface area contributed by atoms with Crippen LogP contribution in [0.2, 0.25) is 0 Å². The largest absolute Gasteiger partial charge is 0.505 e. The normalized spacial score (nSPS) is 14.5. The zero-order valence-corrected chi connectivity index (χ0v) is 12.3. The number of allylic oxidation sites excluding steroid dienone is 2. The second-order valence-electron chi connectivity index (χ2n) is 4.80. The quantitative estimate of drug-likeness (QED) is 0.664. The molecule has 0 radical (unpaired) electrons. The van der Waals surface area contributed by atoms with Crippen LogP contribution >= 0.6 is 0 Å². The Hall–Kier alpha value is -3.04. The van der Waals surface area contributed by atoms with Gasteiger partial charge in [0, 0.05) is 12.3 Å². The maximum atomic E-state index is 11.9. The minimum atomic E-state index is -0.349. The topological polar surface area (TPSA) is 69.6 Å². The molecular weight excluding hydrogens is 280 g/mol. The lowest BCUT2D eigenvalue weighted by molar-refractivity contribution is -0.119. The molecule has 22 heavy (non-hydrogen) atoms. The molecule has 5 nitrogen and oxygen atoms in total. The van der Waals surface area contributed by atoms with Crippen LogP contribution in [0.4, 0.5) is 0 Å². The molecule has 1 aromatic carbocycles. The molecule has 0 aliphatic carbocycles. The van der Waals surface area contributed by atoms with E-state index in [1.54, 1.807) is 18.9 Å². The van der Waals surface area contributed by atoms with Crippen LogP contribution in [0.15, 0.2) is 59.6 Å². The Morgan fingerprint density at radius 2 is 2.05 bits per heavy atom. The third kappa shape index (κ3) is 3.34. The average molecular weight is 296 g/mol. The van der Waals surface area contributed by atoms with Gasteiger partial charge in [-0.3, -0.25) is 15.2 Å². The van der Waals surface area contributed by atoms with Crippen LogP contribution in [-0.4, -0.2) is 22.0 Å². The third-order valence-electron chi connectivity index (χ3n) is 3.29. The first-order valence-electron chi connectivity index (χ1n) is 6.70. The van der Waals surface area contributed by atoms with Gasteiger partial charge in [0.15, 0.2) is 5.76 Å². The SMILES string of the molecule is CC1=C(O)C(=C=O)C=CN1NC(=O)/C=C/c1ccccc1C. The Kier molecular flexibility index (Phi) is 4.61. The molecule has 0 spiro atoms. The van der Waals surface area contributed by atoms with E-state index in [0.717, 1.165) is 11.1 Å². The molecule has 1 aliphatic rings. The maximum Gasteiger partial charge on any atom is 0.262 e. The van der Waals surface area contributed by atoms with Gasteiger partial charge in [-0.2, -0.15) is 0 Å². The summed E-state index contributed by atoms with van der Waals surface area (Å²) in [5.41, 5.74) is 5.01. The molecule has 2 N–H and O–H groups in total. The smallest absolute Gasteiger partial charge is 0.262 e. The van der Waals surface area contributed by atoms with E-state index in [4.69, 9.17) is 0 Å². The van der Waals surface area contributed by atoms with Gasteiger partial charge in [0.05, 0.1) is 5.70 Å². The standard InChI is InChI=1S/C17H16N2O3/c1-12-5-3-4-6-14(12)7-8-16(21)18-19-10-9-15(11-20)17(22)13(19)2/h3-10,22H,1-2H3,(H,18,21)/b8-7+. The fourth-order valence-corrected chi connectivity index (χ4v) is 1.95. The highest BCUT2D eigenvalue weighted by atomic mass is 16.3. The van der Waals surface area contributed by atoms with E-state index < -0.39 is 0 Å². The molecule has 0 unspecified atom stereocenters. The zero-order valence-electron chi connectivity index (χ0n) is 12.3. The van der Waals surface area contributed by atoms with E-state index >= 15 is 0 Å². The number of carbonyl (C=O) groups is 1. The highest BCUT2D eigenvalue weighted by molar-refractivity contribution is 5.91. The fourth-order valence-electron chi connectivity index (χ4n) is 1.95. The molecule has 5 heteroatoms. The summed E-state index contributed by atoms with van der Waals surface area (Å²) >= 11 is 0. The maximum absolute atomic E-state index is 11.9. The van der Waals surface area contributed by atoms with Crippen molar-refractivity contribution in [2.45, 2.75) is 13.8 Å². The van der Waals surface area contributed by atoms with E-state index in [1.807, 2.05) is 31.2 Å². The molecule has 112 valence electrons. The molecule has 1 amide bonds. The number of carbonyl (C=O) groups excluding carboxylic acids is 2. The van der Waals surface area contributed by atoms with E-state index in [-0.39, 0.29) is 17.2 Å². The van der Waals surface area contributed by atoms with Gasteiger partial charge in [-0.05, 0) is 37.1 Å². The summed E-state index contributed by atoms with van der Waals surface area (Å²) in [7, 11) is 0. The summed E-state index contributed by atoms with van der Waals surface area (Å²) in [6, 6.07) is 7.71. The third-order valence-corrected chi connectivity index (χ3v) is 3.29. The number of aliphatic hydroxyl groups is 1. The molecule has 2 rings (SSSR count). The van der Waals surface area contributed by atoms with E-state index in [0.29, 0.717) is 5.70 Å². The van der Waals surface area contributed by atoms with Gasteiger partial charge in [-0.1, -0.05) is 24.3 Å². The van der Waals surface area contributed by atoms with Crippen molar-refractivity contribution < 1.29 is 14.7 Å². The second kappa shape index (κ2) is 6.61. The molecular formula is C17H16N2O3. The van der Waals surface area contributed by atoms with E-state index in [1.165, 1.54) is 23.4 Å². The summed E-state index contributed by atoms with van der Waals surface area (Å²) in [4.78, 5) is 22.5. The van der Waals surface area contributed by atoms with Gasteiger partial charge in [-0.15, -0.1) is 0 Å². The zero-order chi connectivity index (χ0) is 16.1. The number of nitrogens with one attached hydrogen (secondary N) is 1. The lowest BCUT2D eigenvalue weighted by Crippen LogP contribution is -2.38. The Morgan fingerprint density at radius 3 is 2.73 bits per heavy atom. The molecule has 0 bridgehead atoms. The first kappa shape index (κ1) is 15.4. The number of nitrogens with zero attached hydrogens (tertiary/aromatic N) is 1. The minimum absolute atomic E-state index is 0.0541. The van der Waals surface area contributed by atoms with E-state index in [9.17, 15) is 14.7 Å². The van der Waals surface area contributed by atoms with E-state index in [2.05, 4.69) is 5.43 Å². The minimum Gasteiger partial charge on any atom is -0.505 e. The van der Waals surface area contributed by atoms with Crippen LogP contribution in [0.25, 0.3) is 6.08 Å². The van der Waals surface area contributed by atoms with Crippen molar-refractivity contribution in [2.24, 2.45) is 0 Å². The van der Waals surface area contributed by atoms with Gasteiger partial charge >= 0.3 is 0 Å². The van der Waals surface area contributed by atoms with Crippen molar-refractivity contribution in [1.82, 2.24) is 10.4 Å². The van der Waals surface area contributed by atoms with Gasteiger partial charge in [0.2, 0.25) is 0 Å². The van der Waals surface area contributed by atoms with Crippen LogP contribution in [-0.2, 0) is 9.59 Å². The fraction of sp³-hybridized carbons (Fsp3) is 0.118. The summed E-state index contributed by atoms with van der Waals surface area (Å²) in [6.45, 7) is 3.55. The summed E-state index contributed by atoms with van der Waals surface area (Å²) < 4.78 is 0. The van der Waals surface area contributed by atoms with Crippen molar-refractivity contribution in [1.29, 1.82) is 0 Å². The Morgan fingerprint density at radius 1 is 1.32 bits per heavy atom. The van der Waals surface area contributed by atoms with Crippen molar-refractivity contribution in [3.8, 4) is 0 Å². The van der Waals surface area contributed by atoms with Crippen molar-refractivity contribution in [3.63, 3.8) is 0 Å². The number of hydrogen-bond acceptors (Lipinski definition) is 4. The molecule has 0 atom stereocenters. The first-order valence-corrected chi connectivity index (χ1v) is 6.70. The van der Waals surface area contributed by atoms with Gasteiger partial charge in [-0.25, -0.2) is 4.79 Å². The number of hydrogen-bond donors (Lipinski definition) is 2. The molecule has 0 fully saturated rings. The predicted molar refractivity (Wildman–Crippen MR) is 83.9 cm³/mol. The summed E-state index contributed by atoms with van der Waals surface area (Å²) in [5.74, 6) is 1.07. The molecule has 1 aromatic rings. The highest BCUT2D eigenvalue weighted by Gasteiger charge is 2.17. The lowest BCUT2D eigenvalue weighted by atomic mass is 10.1. The van der Waals surface area contributed by atoms with Crippen molar-refractivity contribution >= 4 is 17.9 Å². The van der Waals surface area contributed by atoms with Crippen LogP contribution in [0.3, 0.4) is 0 Å². The van der Waals surface area contributed by atoms with Gasteiger partial charge < -0.3 is 5.11 Å². The van der Waals surface area contributed by atoms with Crippen LogP contribution in [0.1, 0.15) is 18.1 Å².